The van der Waals surface area contributed by atoms with Crippen molar-refractivity contribution in [1.82, 2.24) is 10.4 Å². The van der Waals surface area contributed by atoms with Crippen molar-refractivity contribution in [2.24, 2.45) is 4.40 Å². The molecule has 0 saturated carbocycles. The largest absolute Gasteiger partial charge is 0.417 e. The maximum absolute atomic E-state index is 12.5. The summed E-state index contributed by atoms with van der Waals surface area (Å²) in [7, 11) is -3.89. The monoisotopic (exact) mass is 378 g/mol. The summed E-state index contributed by atoms with van der Waals surface area (Å²) in [6, 6.07) is 8.17. The van der Waals surface area contributed by atoms with E-state index in [1.54, 1.807) is 18.2 Å². The molecule has 0 aliphatic rings. The van der Waals surface area contributed by atoms with Gasteiger partial charge in [0.2, 0.25) is 0 Å². The van der Waals surface area contributed by atoms with Gasteiger partial charge in [0.25, 0.3) is 10.0 Å². The molecule has 0 saturated heterocycles. The van der Waals surface area contributed by atoms with Crippen molar-refractivity contribution in [2.45, 2.75) is 11.1 Å². The molecule has 0 unspecified atom stereocenters. The SMILES string of the molecule is O=S(=O)(/N=C/NNc1ncc(C(F)(F)F)cc1Cl)c1ccccc1. The summed E-state index contributed by atoms with van der Waals surface area (Å²) in [5.74, 6) is -0.117. The Balaban J connectivity index is 2.02. The fourth-order valence-corrected chi connectivity index (χ4v) is 2.56. The van der Waals surface area contributed by atoms with Crippen molar-refractivity contribution in [3.8, 4) is 0 Å². The van der Waals surface area contributed by atoms with E-state index in [9.17, 15) is 21.6 Å². The normalized spacial score (nSPS) is 12.3. The number of nitrogens with one attached hydrogen (secondary N) is 2. The predicted molar refractivity (Wildman–Crippen MR) is 83.1 cm³/mol. The van der Waals surface area contributed by atoms with Gasteiger partial charge in [0.05, 0.1) is 15.5 Å². The summed E-state index contributed by atoms with van der Waals surface area (Å²) in [5, 5.41) is -0.295. The number of sulfonamides is 1. The highest BCUT2D eigenvalue weighted by Gasteiger charge is 2.31. The third-order valence-electron chi connectivity index (χ3n) is 2.66. The molecule has 0 aliphatic carbocycles. The van der Waals surface area contributed by atoms with Gasteiger partial charge >= 0.3 is 6.18 Å². The maximum atomic E-state index is 12.5. The molecule has 0 bridgehead atoms. The first-order valence-corrected chi connectivity index (χ1v) is 8.10. The van der Waals surface area contributed by atoms with E-state index in [0.29, 0.717) is 12.3 Å². The van der Waals surface area contributed by atoms with Crippen LogP contribution in [0.25, 0.3) is 0 Å². The summed E-state index contributed by atoms with van der Waals surface area (Å²) < 4.78 is 64.4. The quantitative estimate of drug-likeness (QED) is 0.474. The highest BCUT2D eigenvalue weighted by molar-refractivity contribution is 7.90. The van der Waals surface area contributed by atoms with E-state index in [2.05, 4.69) is 20.2 Å². The lowest BCUT2D eigenvalue weighted by molar-refractivity contribution is -0.137. The molecule has 0 fully saturated rings. The molecule has 0 amide bonds. The molecule has 1 heterocycles. The Morgan fingerprint density at radius 3 is 2.46 bits per heavy atom. The van der Waals surface area contributed by atoms with Gasteiger partial charge in [-0.1, -0.05) is 29.8 Å². The van der Waals surface area contributed by atoms with Crippen molar-refractivity contribution in [3.63, 3.8) is 0 Å². The Kier molecular flexibility index (Phi) is 5.30. The minimum Gasteiger partial charge on any atom is -0.288 e. The zero-order valence-corrected chi connectivity index (χ0v) is 13.3. The molecule has 0 aliphatic heterocycles. The van der Waals surface area contributed by atoms with Crippen LogP contribution < -0.4 is 10.9 Å². The summed E-state index contributed by atoms with van der Waals surface area (Å²) >= 11 is 5.67. The Hall–Kier alpha value is -2.33. The van der Waals surface area contributed by atoms with Crippen LogP contribution in [-0.2, 0) is 16.2 Å². The molecule has 1 aromatic heterocycles. The van der Waals surface area contributed by atoms with Crippen molar-refractivity contribution in [1.29, 1.82) is 0 Å². The third kappa shape index (κ3) is 4.59. The summed E-state index contributed by atoms with van der Waals surface area (Å²) in [6.45, 7) is 0. The van der Waals surface area contributed by atoms with E-state index >= 15 is 0 Å². The van der Waals surface area contributed by atoms with Crippen LogP contribution >= 0.6 is 11.6 Å². The summed E-state index contributed by atoms with van der Waals surface area (Å²) in [5.41, 5.74) is 3.62. The average Bonchev–Trinajstić information content (AvgIpc) is 2.52. The van der Waals surface area contributed by atoms with E-state index in [0.717, 1.165) is 6.34 Å². The number of nitrogens with zero attached hydrogens (tertiary/aromatic N) is 2. The number of hydrogen-bond donors (Lipinski definition) is 2. The minimum atomic E-state index is -4.56. The molecular weight excluding hydrogens is 369 g/mol. The van der Waals surface area contributed by atoms with Gasteiger partial charge in [-0.3, -0.25) is 10.9 Å². The number of aromatic nitrogens is 1. The second kappa shape index (κ2) is 7.05. The van der Waals surface area contributed by atoms with E-state index < -0.39 is 21.8 Å². The fraction of sp³-hybridized carbons (Fsp3) is 0.0769. The van der Waals surface area contributed by atoms with Crippen molar-refractivity contribution < 1.29 is 21.6 Å². The van der Waals surface area contributed by atoms with Crippen molar-refractivity contribution in [2.75, 3.05) is 5.43 Å². The van der Waals surface area contributed by atoms with Crippen LogP contribution in [0.15, 0.2) is 51.9 Å². The van der Waals surface area contributed by atoms with Gasteiger partial charge in [0, 0.05) is 6.20 Å². The number of rotatable bonds is 5. The number of hydrazine groups is 1. The zero-order chi connectivity index (χ0) is 17.8. The Bertz CT molecular complexity index is 842. The third-order valence-corrected chi connectivity index (χ3v) is 4.20. The van der Waals surface area contributed by atoms with Gasteiger partial charge < -0.3 is 0 Å². The van der Waals surface area contributed by atoms with E-state index in [-0.39, 0.29) is 15.7 Å². The van der Waals surface area contributed by atoms with Gasteiger partial charge in [-0.05, 0) is 18.2 Å². The number of anilines is 1. The number of benzene rings is 1. The smallest absolute Gasteiger partial charge is 0.288 e. The number of alkyl halides is 3. The van der Waals surface area contributed by atoms with Crippen LogP contribution in [-0.4, -0.2) is 19.7 Å². The summed E-state index contributed by atoms with van der Waals surface area (Å²) in [6.07, 6.45) is -3.15. The first-order valence-electron chi connectivity index (χ1n) is 6.28. The average molecular weight is 379 g/mol. The van der Waals surface area contributed by atoms with Crippen LogP contribution in [0.3, 0.4) is 0 Å². The Labute approximate surface area is 140 Å². The number of halogens is 4. The van der Waals surface area contributed by atoms with Crippen molar-refractivity contribution in [3.05, 3.63) is 53.2 Å². The fourth-order valence-electron chi connectivity index (χ4n) is 1.53. The molecular formula is C13H10ClF3N4O2S. The first-order chi connectivity index (χ1) is 11.2. The lowest BCUT2D eigenvalue weighted by Crippen LogP contribution is -2.21. The lowest BCUT2D eigenvalue weighted by atomic mass is 10.3. The van der Waals surface area contributed by atoms with Crippen molar-refractivity contribution >= 4 is 33.8 Å². The van der Waals surface area contributed by atoms with E-state index in [1.807, 2.05) is 0 Å². The molecule has 0 radical (unpaired) electrons. The highest BCUT2D eigenvalue weighted by atomic mass is 35.5. The molecule has 128 valence electrons. The molecule has 24 heavy (non-hydrogen) atoms. The minimum absolute atomic E-state index is 0.00580. The van der Waals surface area contributed by atoms with Crippen LogP contribution in [0, 0.1) is 0 Å². The van der Waals surface area contributed by atoms with E-state index in [1.165, 1.54) is 12.1 Å². The van der Waals surface area contributed by atoms with Gasteiger partial charge in [-0.25, -0.2) is 4.98 Å². The number of pyridine rings is 1. The van der Waals surface area contributed by atoms with Crippen LogP contribution in [0.4, 0.5) is 19.0 Å². The second-order valence-electron chi connectivity index (χ2n) is 4.34. The van der Waals surface area contributed by atoms with Crippen LogP contribution in [0.2, 0.25) is 5.02 Å². The number of hydrogen-bond acceptors (Lipinski definition) is 4. The molecule has 1 aromatic carbocycles. The topological polar surface area (TPSA) is 83.5 Å². The molecule has 6 nitrogen and oxygen atoms in total. The van der Waals surface area contributed by atoms with Gasteiger partial charge in [0.15, 0.2) is 5.82 Å². The molecule has 2 aromatic rings. The van der Waals surface area contributed by atoms with Crippen LogP contribution in [0.5, 0.6) is 0 Å². The van der Waals surface area contributed by atoms with Gasteiger partial charge in [0.1, 0.15) is 6.34 Å². The lowest BCUT2D eigenvalue weighted by Gasteiger charge is -2.10. The molecule has 2 rings (SSSR count). The van der Waals surface area contributed by atoms with Gasteiger partial charge in [-0.2, -0.15) is 21.6 Å². The molecule has 0 spiro atoms. The Morgan fingerprint density at radius 2 is 1.88 bits per heavy atom. The predicted octanol–water partition coefficient (Wildman–Crippen LogP) is 3.09. The molecule has 2 N–H and O–H groups in total. The summed E-state index contributed by atoms with van der Waals surface area (Å²) in [4.78, 5) is 3.49. The standard InChI is InChI=1S/C13H10ClF3N4O2S/c14-11-6-9(13(15,16)17)7-18-12(11)21-19-8-20-24(22,23)10-4-2-1-3-5-10/h1-8H,(H,18,21)(H,19,20). The van der Waals surface area contributed by atoms with Gasteiger partial charge in [-0.15, -0.1) is 4.40 Å². The zero-order valence-electron chi connectivity index (χ0n) is 11.7. The van der Waals surface area contributed by atoms with Crippen LogP contribution in [0.1, 0.15) is 5.56 Å². The second-order valence-corrected chi connectivity index (χ2v) is 6.38. The Morgan fingerprint density at radius 1 is 1.21 bits per heavy atom. The molecule has 0 atom stereocenters. The first kappa shape index (κ1) is 18.0. The maximum Gasteiger partial charge on any atom is 0.417 e. The molecule has 11 heteroatoms. The van der Waals surface area contributed by atoms with E-state index in [4.69, 9.17) is 11.6 Å². The highest BCUT2D eigenvalue weighted by Crippen LogP contribution is 2.32.